The predicted molar refractivity (Wildman–Crippen MR) is 122 cm³/mol. The van der Waals surface area contributed by atoms with Crippen LogP contribution in [0.1, 0.15) is 28.2 Å². The summed E-state index contributed by atoms with van der Waals surface area (Å²) in [7, 11) is 0. The SMILES string of the molecule is O=C(C1c2ccccc2Oc2ccccc21)N1CCN=C1SCc1cccc(C(F)(F)F)c1. The molecule has 0 saturated heterocycles. The number of rotatable bonds is 3. The second kappa shape index (κ2) is 8.59. The van der Waals surface area contributed by atoms with Crippen LogP contribution >= 0.6 is 11.8 Å². The molecule has 0 spiro atoms. The number of fused-ring (bicyclic) bond motifs is 2. The first kappa shape index (κ1) is 21.6. The molecule has 0 atom stereocenters. The van der Waals surface area contributed by atoms with Crippen molar-refractivity contribution in [3.05, 3.63) is 95.1 Å². The van der Waals surface area contributed by atoms with E-state index in [2.05, 4.69) is 4.99 Å². The van der Waals surface area contributed by atoms with Crippen LogP contribution in [-0.4, -0.2) is 29.1 Å². The molecule has 1 amide bonds. The van der Waals surface area contributed by atoms with Crippen molar-refractivity contribution in [2.75, 3.05) is 13.1 Å². The Morgan fingerprint density at radius 1 is 1.00 bits per heavy atom. The van der Waals surface area contributed by atoms with Gasteiger partial charge < -0.3 is 4.74 Å². The zero-order chi connectivity index (χ0) is 23.0. The molecule has 0 unspecified atom stereocenters. The first-order valence-electron chi connectivity index (χ1n) is 10.4. The number of benzene rings is 3. The maximum Gasteiger partial charge on any atom is 0.416 e. The van der Waals surface area contributed by atoms with Crippen molar-refractivity contribution in [3.63, 3.8) is 0 Å². The van der Waals surface area contributed by atoms with Gasteiger partial charge in [-0.1, -0.05) is 66.4 Å². The number of hydrogen-bond donors (Lipinski definition) is 0. The highest BCUT2D eigenvalue weighted by Crippen LogP contribution is 2.45. The van der Waals surface area contributed by atoms with Gasteiger partial charge in [0.15, 0.2) is 5.17 Å². The summed E-state index contributed by atoms with van der Waals surface area (Å²) in [5.41, 5.74) is 1.42. The largest absolute Gasteiger partial charge is 0.457 e. The number of carbonyl (C=O) groups excluding carboxylic acids is 1. The molecule has 0 aliphatic carbocycles. The lowest BCUT2D eigenvalue weighted by Crippen LogP contribution is -2.38. The number of amides is 1. The molecule has 0 bridgehead atoms. The quantitative estimate of drug-likeness (QED) is 0.468. The number of carbonyl (C=O) groups is 1. The monoisotopic (exact) mass is 468 g/mol. The summed E-state index contributed by atoms with van der Waals surface area (Å²) < 4.78 is 45.1. The maximum atomic E-state index is 13.8. The highest BCUT2D eigenvalue weighted by Gasteiger charge is 2.37. The molecule has 0 aromatic heterocycles. The summed E-state index contributed by atoms with van der Waals surface area (Å²) >= 11 is 1.28. The number of amidine groups is 1. The van der Waals surface area contributed by atoms with Crippen LogP contribution < -0.4 is 4.74 Å². The van der Waals surface area contributed by atoms with Gasteiger partial charge >= 0.3 is 6.18 Å². The molecule has 8 heteroatoms. The van der Waals surface area contributed by atoms with E-state index >= 15 is 0 Å². The van der Waals surface area contributed by atoms with E-state index in [-0.39, 0.29) is 11.7 Å². The number of nitrogens with zero attached hydrogens (tertiary/aromatic N) is 2. The molecule has 5 rings (SSSR count). The molecule has 0 radical (unpaired) electrons. The van der Waals surface area contributed by atoms with Gasteiger partial charge in [-0.25, -0.2) is 0 Å². The lowest BCUT2D eigenvalue weighted by Gasteiger charge is -2.30. The van der Waals surface area contributed by atoms with Crippen LogP contribution in [0.2, 0.25) is 0 Å². The van der Waals surface area contributed by atoms with E-state index in [1.807, 2.05) is 48.5 Å². The number of hydrogen-bond acceptors (Lipinski definition) is 4. The smallest absolute Gasteiger partial charge is 0.416 e. The minimum Gasteiger partial charge on any atom is -0.457 e. The zero-order valence-corrected chi connectivity index (χ0v) is 18.2. The molecule has 0 N–H and O–H groups in total. The number of aliphatic imine (C=N–C) groups is 1. The van der Waals surface area contributed by atoms with Crippen molar-refractivity contribution in [3.8, 4) is 11.5 Å². The van der Waals surface area contributed by atoms with Crippen LogP contribution in [0.15, 0.2) is 77.8 Å². The Labute approximate surface area is 193 Å². The number of ether oxygens (including phenoxy) is 1. The van der Waals surface area contributed by atoms with Crippen LogP contribution in [0.25, 0.3) is 0 Å². The third-order valence-electron chi connectivity index (χ3n) is 5.62. The lowest BCUT2D eigenvalue weighted by atomic mass is 9.87. The van der Waals surface area contributed by atoms with E-state index < -0.39 is 17.7 Å². The summed E-state index contributed by atoms with van der Waals surface area (Å²) in [6, 6.07) is 20.2. The van der Waals surface area contributed by atoms with Crippen molar-refractivity contribution in [1.29, 1.82) is 0 Å². The Kier molecular flexibility index (Phi) is 5.62. The van der Waals surface area contributed by atoms with E-state index in [0.29, 0.717) is 35.3 Å². The Morgan fingerprint density at radius 3 is 2.33 bits per heavy atom. The van der Waals surface area contributed by atoms with Gasteiger partial charge in [-0.3, -0.25) is 14.7 Å². The van der Waals surface area contributed by atoms with E-state index in [1.54, 1.807) is 11.0 Å². The van der Waals surface area contributed by atoms with Gasteiger partial charge in [0, 0.05) is 23.4 Å². The Hall–Kier alpha value is -3.26. The summed E-state index contributed by atoms with van der Waals surface area (Å²) in [4.78, 5) is 19.9. The van der Waals surface area contributed by atoms with Crippen LogP contribution in [0.3, 0.4) is 0 Å². The zero-order valence-electron chi connectivity index (χ0n) is 17.4. The predicted octanol–water partition coefficient (Wildman–Crippen LogP) is 6.07. The second-order valence-electron chi connectivity index (χ2n) is 7.75. The number of alkyl halides is 3. The number of halogens is 3. The fourth-order valence-corrected chi connectivity index (χ4v) is 5.07. The molecule has 2 heterocycles. The molecule has 2 aliphatic heterocycles. The number of thioether (sulfide) groups is 1. The Morgan fingerprint density at radius 2 is 1.67 bits per heavy atom. The summed E-state index contributed by atoms with van der Waals surface area (Å²) in [6.45, 7) is 0.897. The standard InChI is InChI=1S/C25H19F3N2O2S/c26-25(27,28)17-7-5-6-16(14-17)15-33-24-29-12-13-30(24)23(31)22-18-8-1-3-10-20(18)32-21-11-4-2-9-19(21)22/h1-11,14,22H,12-13,15H2. The van der Waals surface area contributed by atoms with Crippen LogP contribution in [0.5, 0.6) is 11.5 Å². The van der Waals surface area contributed by atoms with E-state index in [4.69, 9.17) is 4.74 Å². The third kappa shape index (κ3) is 4.23. The van der Waals surface area contributed by atoms with Gasteiger partial charge in [-0.2, -0.15) is 13.2 Å². The molecule has 3 aromatic rings. The van der Waals surface area contributed by atoms with Crippen LogP contribution in [0, 0.1) is 0 Å². The third-order valence-corrected chi connectivity index (χ3v) is 6.70. The fourth-order valence-electron chi connectivity index (χ4n) is 4.07. The topological polar surface area (TPSA) is 41.9 Å². The van der Waals surface area contributed by atoms with Crippen molar-refractivity contribution in [2.45, 2.75) is 17.8 Å². The summed E-state index contributed by atoms with van der Waals surface area (Å²) in [5.74, 6) is 0.912. The van der Waals surface area contributed by atoms with Gasteiger partial charge in [0.05, 0.1) is 18.0 Å². The fraction of sp³-hybridized carbons (Fsp3) is 0.200. The molecule has 33 heavy (non-hydrogen) atoms. The highest BCUT2D eigenvalue weighted by atomic mass is 32.2. The molecule has 3 aromatic carbocycles. The first-order chi connectivity index (χ1) is 15.9. The van der Waals surface area contributed by atoms with Crippen molar-refractivity contribution in [1.82, 2.24) is 4.90 Å². The molecule has 4 nitrogen and oxygen atoms in total. The van der Waals surface area contributed by atoms with Crippen molar-refractivity contribution >= 4 is 22.8 Å². The molecular formula is C25H19F3N2O2S. The van der Waals surface area contributed by atoms with Gasteiger partial charge in [0.25, 0.3) is 0 Å². The van der Waals surface area contributed by atoms with E-state index in [0.717, 1.165) is 23.3 Å². The molecule has 2 aliphatic rings. The van der Waals surface area contributed by atoms with Crippen molar-refractivity contribution < 1.29 is 22.7 Å². The molecule has 0 fully saturated rings. The minimum atomic E-state index is -4.39. The highest BCUT2D eigenvalue weighted by molar-refractivity contribution is 8.13. The maximum absolute atomic E-state index is 13.8. The second-order valence-corrected chi connectivity index (χ2v) is 8.69. The summed E-state index contributed by atoms with van der Waals surface area (Å²) in [5, 5.41) is 0.527. The van der Waals surface area contributed by atoms with Gasteiger partial charge in [0.2, 0.25) is 5.91 Å². The van der Waals surface area contributed by atoms with Crippen LogP contribution in [-0.2, 0) is 16.7 Å². The lowest BCUT2D eigenvalue weighted by molar-refractivity contribution is -0.137. The van der Waals surface area contributed by atoms with E-state index in [1.165, 1.54) is 17.8 Å². The van der Waals surface area contributed by atoms with Crippen LogP contribution in [0.4, 0.5) is 13.2 Å². The normalized spacial score (nSPS) is 15.5. The molecule has 168 valence electrons. The van der Waals surface area contributed by atoms with Crippen molar-refractivity contribution in [2.24, 2.45) is 4.99 Å². The molecule has 0 saturated carbocycles. The first-order valence-corrected chi connectivity index (χ1v) is 11.4. The van der Waals surface area contributed by atoms with E-state index in [9.17, 15) is 18.0 Å². The average Bonchev–Trinajstić information content (AvgIpc) is 3.29. The van der Waals surface area contributed by atoms with Gasteiger partial charge in [-0.05, 0) is 23.8 Å². The minimum absolute atomic E-state index is 0.119. The van der Waals surface area contributed by atoms with Gasteiger partial charge in [0.1, 0.15) is 11.5 Å². The Bertz CT molecular complexity index is 1200. The number of para-hydroxylation sites is 2. The Balaban J connectivity index is 1.39. The van der Waals surface area contributed by atoms with Gasteiger partial charge in [-0.15, -0.1) is 0 Å². The molecular weight excluding hydrogens is 449 g/mol. The summed E-state index contributed by atoms with van der Waals surface area (Å²) in [6.07, 6.45) is -4.39. The average molecular weight is 469 g/mol.